The lowest BCUT2D eigenvalue weighted by atomic mass is 10.1. The molecule has 0 heterocycles. The van der Waals surface area contributed by atoms with Gasteiger partial charge in [0.1, 0.15) is 0 Å². The van der Waals surface area contributed by atoms with Gasteiger partial charge >= 0.3 is 0 Å². The highest BCUT2D eigenvalue weighted by Crippen LogP contribution is 2.09. The largest absolute Gasteiger partial charge is 0.357 e. The van der Waals surface area contributed by atoms with Gasteiger partial charge in [-0.3, -0.25) is 9.79 Å². The van der Waals surface area contributed by atoms with Gasteiger partial charge in [-0.1, -0.05) is 23.7 Å². The minimum Gasteiger partial charge on any atom is -0.357 e. The van der Waals surface area contributed by atoms with Gasteiger partial charge in [-0.25, -0.2) is 0 Å². The molecule has 5 nitrogen and oxygen atoms in total. The Kier molecular flexibility index (Phi) is 12.7. The van der Waals surface area contributed by atoms with Crippen molar-refractivity contribution in [2.75, 3.05) is 39.8 Å². The molecule has 1 rings (SSSR count). The topological polar surface area (TPSA) is 47.9 Å². The van der Waals surface area contributed by atoms with Crippen molar-refractivity contribution in [1.82, 2.24) is 15.1 Å². The Morgan fingerprint density at radius 3 is 2.28 bits per heavy atom. The summed E-state index contributed by atoms with van der Waals surface area (Å²) in [7, 11) is 1.89. The molecule has 0 aliphatic carbocycles. The Labute approximate surface area is 173 Å². The van der Waals surface area contributed by atoms with E-state index in [1.165, 1.54) is 5.56 Å². The van der Waals surface area contributed by atoms with Crippen molar-refractivity contribution in [3.63, 3.8) is 0 Å². The molecule has 7 heteroatoms. The zero-order chi connectivity index (χ0) is 17.9. The number of nitrogens with one attached hydrogen (secondary N) is 1. The summed E-state index contributed by atoms with van der Waals surface area (Å²) in [5.41, 5.74) is 1.20. The maximum atomic E-state index is 12.2. The molecule has 1 aromatic rings. The zero-order valence-electron chi connectivity index (χ0n) is 15.6. The van der Waals surface area contributed by atoms with Crippen LogP contribution in [0.2, 0.25) is 5.02 Å². The van der Waals surface area contributed by atoms with E-state index in [-0.39, 0.29) is 29.9 Å². The van der Waals surface area contributed by atoms with Crippen LogP contribution in [-0.2, 0) is 11.2 Å². The van der Waals surface area contributed by atoms with E-state index in [2.05, 4.69) is 10.3 Å². The first-order valence-electron chi connectivity index (χ1n) is 8.53. The number of benzene rings is 1. The molecule has 0 saturated heterocycles. The number of hydrogen-bond acceptors (Lipinski definition) is 2. The molecule has 0 atom stereocenters. The van der Waals surface area contributed by atoms with Crippen molar-refractivity contribution in [2.45, 2.75) is 27.2 Å². The van der Waals surface area contributed by atoms with Gasteiger partial charge in [0.05, 0.1) is 6.54 Å². The second kappa shape index (κ2) is 13.2. The summed E-state index contributed by atoms with van der Waals surface area (Å²) in [4.78, 5) is 20.6. The third-order valence-corrected chi connectivity index (χ3v) is 4.01. The summed E-state index contributed by atoms with van der Waals surface area (Å²) in [6.07, 6.45) is 0.837. The van der Waals surface area contributed by atoms with Crippen molar-refractivity contribution in [3.05, 3.63) is 34.9 Å². The van der Waals surface area contributed by atoms with Crippen LogP contribution >= 0.6 is 35.6 Å². The number of guanidine groups is 1. The predicted molar refractivity (Wildman–Crippen MR) is 117 cm³/mol. The number of carbonyl (C=O) groups is 1. The Morgan fingerprint density at radius 2 is 1.76 bits per heavy atom. The van der Waals surface area contributed by atoms with Crippen LogP contribution in [0.4, 0.5) is 0 Å². The maximum absolute atomic E-state index is 12.2. The molecule has 0 saturated carbocycles. The zero-order valence-corrected chi connectivity index (χ0v) is 18.7. The molecule has 0 aliphatic heterocycles. The molecule has 1 aromatic carbocycles. The van der Waals surface area contributed by atoms with Crippen molar-refractivity contribution in [1.29, 1.82) is 0 Å². The first-order valence-corrected chi connectivity index (χ1v) is 8.91. The van der Waals surface area contributed by atoms with Crippen molar-refractivity contribution < 1.29 is 4.79 Å². The van der Waals surface area contributed by atoms with Crippen molar-refractivity contribution in [3.8, 4) is 0 Å². The van der Waals surface area contributed by atoms with Gasteiger partial charge in [-0.2, -0.15) is 0 Å². The smallest absolute Gasteiger partial charge is 0.242 e. The maximum Gasteiger partial charge on any atom is 0.242 e. The van der Waals surface area contributed by atoms with E-state index >= 15 is 0 Å². The van der Waals surface area contributed by atoms with Crippen LogP contribution in [0.5, 0.6) is 0 Å². The summed E-state index contributed by atoms with van der Waals surface area (Å²) < 4.78 is 0. The standard InChI is InChI=1S/C18H29ClN4O.HI/c1-5-20-18(22(4)14-17(24)23(6-2)7-3)21-13-12-15-8-10-16(19)11-9-15;/h8-11H,5-7,12-14H2,1-4H3,(H,20,21);1H. The van der Waals surface area contributed by atoms with Crippen LogP contribution in [0, 0.1) is 0 Å². The lowest BCUT2D eigenvalue weighted by molar-refractivity contribution is -0.131. The van der Waals surface area contributed by atoms with Crippen LogP contribution in [0.1, 0.15) is 26.3 Å². The van der Waals surface area contributed by atoms with Gasteiger partial charge in [0, 0.05) is 38.2 Å². The van der Waals surface area contributed by atoms with Crippen LogP contribution in [0.3, 0.4) is 0 Å². The summed E-state index contributed by atoms with van der Waals surface area (Å²) >= 11 is 5.90. The minimum atomic E-state index is 0. The first-order chi connectivity index (χ1) is 11.5. The fourth-order valence-corrected chi connectivity index (χ4v) is 2.49. The van der Waals surface area contributed by atoms with Gasteiger partial charge in [0.2, 0.25) is 5.91 Å². The van der Waals surface area contributed by atoms with E-state index < -0.39 is 0 Å². The SMILES string of the molecule is CCNC(=NCCc1ccc(Cl)cc1)N(C)CC(=O)N(CC)CC.I. The molecule has 1 N–H and O–H groups in total. The Balaban J connectivity index is 0.00000576. The number of nitrogens with zero attached hydrogens (tertiary/aromatic N) is 3. The van der Waals surface area contributed by atoms with Gasteiger partial charge in [0.25, 0.3) is 0 Å². The number of amides is 1. The van der Waals surface area contributed by atoms with Crippen LogP contribution < -0.4 is 5.32 Å². The fraction of sp³-hybridized carbons (Fsp3) is 0.556. The van der Waals surface area contributed by atoms with Crippen molar-refractivity contribution in [2.24, 2.45) is 4.99 Å². The lowest BCUT2D eigenvalue weighted by Crippen LogP contribution is -2.45. The van der Waals surface area contributed by atoms with Gasteiger partial charge in [-0.05, 0) is 44.9 Å². The Bertz CT molecular complexity index is 532. The molecule has 0 spiro atoms. The molecule has 25 heavy (non-hydrogen) atoms. The van der Waals surface area contributed by atoms with Gasteiger partial charge in [0.15, 0.2) is 5.96 Å². The number of carbonyl (C=O) groups excluding carboxylic acids is 1. The molecule has 0 radical (unpaired) electrons. The van der Waals surface area contributed by atoms with Gasteiger partial charge in [-0.15, -0.1) is 24.0 Å². The van der Waals surface area contributed by atoms with E-state index in [0.29, 0.717) is 13.1 Å². The average Bonchev–Trinajstić information content (AvgIpc) is 2.56. The van der Waals surface area contributed by atoms with Crippen LogP contribution in [-0.4, -0.2) is 61.4 Å². The van der Waals surface area contributed by atoms with E-state index in [1.807, 2.05) is 61.9 Å². The molecule has 0 aliphatic rings. The molecular formula is C18H30ClIN4O. The summed E-state index contributed by atoms with van der Waals surface area (Å²) in [6.45, 7) is 9.22. The highest BCUT2D eigenvalue weighted by atomic mass is 127. The lowest BCUT2D eigenvalue weighted by Gasteiger charge is -2.25. The van der Waals surface area contributed by atoms with Crippen LogP contribution in [0.15, 0.2) is 29.3 Å². The first kappa shape index (κ1) is 24.0. The second-order valence-electron chi connectivity index (χ2n) is 5.53. The number of aliphatic imine (C=N–C) groups is 1. The summed E-state index contributed by atoms with van der Waals surface area (Å²) in [5, 5.41) is 3.98. The second-order valence-corrected chi connectivity index (χ2v) is 5.97. The monoisotopic (exact) mass is 480 g/mol. The van der Waals surface area contributed by atoms with E-state index in [0.717, 1.165) is 37.0 Å². The third kappa shape index (κ3) is 8.76. The summed E-state index contributed by atoms with van der Waals surface area (Å²) in [6, 6.07) is 7.80. The molecule has 0 aromatic heterocycles. The summed E-state index contributed by atoms with van der Waals surface area (Å²) in [5.74, 6) is 0.873. The number of hydrogen-bond donors (Lipinski definition) is 1. The minimum absolute atomic E-state index is 0. The third-order valence-electron chi connectivity index (χ3n) is 3.76. The highest BCUT2D eigenvalue weighted by Gasteiger charge is 2.14. The number of likely N-dealkylation sites (N-methyl/N-ethyl adjacent to an activating group) is 2. The van der Waals surface area contributed by atoms with E-state index in [9.17, 15) is 4.79 Å². The van der Waals surface area contributed by atoms with Gasteiger partial charge < -0.3 is 15.1 Å². The highest BCUT2D eigenvalue weighted by molar-refractivity contribution is 14.0. The molecular weight excluding hydrogens is 451 g/mol. The number of rotatable bonds is 8. The molecule has 1 amide bonds. The Morgan fingerprint density at radius 1 is 1.16 bits per heavy atom. The average molecular weight is 481 g/mol. The number of halogens is 2. The normalized spacial score (nSPS) is 10.8. The molecule has 0 unspecified atom stereocenters. The molecule has 0 bridgehead atoms. The van der Waals surface area contributed by atoms with E-state index in [1.54, 1.807) is 0 Å². The van der Waals surface area contributed by atoms with Crippen molar-refractivity contribution >= 4 is 47.4 Å². The molecule has 0 fully saturated rings. The van der Waals surface area contributed by atoms with E-state index in [4.69, 9.17) is 11.6 Å². The Hall–Kier alpha value is -1.02. The molecule has 142 valence electrons. The van der Waals surface area contributed by atoms with Crippen LogP contribution in [0.25, 0.3) is 0 Å². The fourth-order valence-electron chi connectivity index (χ4n) is 2.37. The predicted octanol–water partition coefficient (Wildman–Crippen LogP) is 3.27. The quantitative estimate of drug-likeness (QED) is 0.353.